The van der Waals surface area contributed by atoms with E-state index in [1.165, 1.54) is 31.2 Å². The molecule has 0 radical (unpaired) electrons. The van der Waals surface area contributed by atoms with E-state index in [0.29, 0.717) is 5.56 Å². The summed E-state index contributed by atoms with van der Waals surface area (Å²) in [6.07, 6.45) is -0.281. The second kappa shape index (κ2) is 4.53. The lowest BCUT2D eigenvalue weighted by Crippen LogP contribution is -2.35. The fourth-order valence-electron chi connectivity index (χ4n) is 1.23. The van der Waals surface area contributed by atoms with Crippen LogP contribution in [0.15, 0.2) is 24.3 Å². The van der Waals surface area contributed by atoms with Crippen molar-refractivity contribution in [2.45, 2.75) is 32.5 Å². The average Bonchev–Trinajstić information content (AvgIpc) is 2.17. The fraction of sp³-hybridized carbons (Fsp3) is 0.417. The van der Waals surface area contributed by atoms with Gasteiger partial charge in [-0.15, -0.1) is 0 Å². The lowest BCUT2D eigenvalue weighted by molar-refractivity contribution is -0.168. The maximum atomic E-state index is 11.6. The number of hydrogen-bond acceptors (Lipinski definition) is 4. The molecule has 1 aromatic carbocycles. The van der Waals surface area contributed by atoms with E-state index in [4.69, 9.17) is 9.84 Å². The molecule has 0 amide bonds. The van der Waals surface area contributed by atoms with Gasteiger partial charge < -0.3 is 14.9 Å². The molecule has 16 heavy (non-hydrogen) atoms. The first-order valence-electron chi connectivity index (χ1n) is 5.07. The van der Waals surface area contributed by atoms with Crippen LogP contribution in [0.5, 0.6) is 5.75 Å². The number of carbonyl (C=O) groups is 1. The molecule has 0 bridgehead atoms. The first-order valence-corrected chi connectivity index (χ1v) is 5.07. The number of ether oxygens (including phenoxy) is 1. The lowest BCUT2D eigenvalue weighted by atomic mass is 9.96. The molecule has 0 aromatic heterocycles. The fourth-order valence-corrected chi connectivity index (χ4v) is 1.23. The molecule has 0 spiro atoms. The van der Waals surface area contributed by atoms with Crippen LogP contribution in [-0.2, 0) is 15.1 Å². The van der Waals surface area contributed by atoms with Gasteiger partial charge in [0.25, 0.3) is 0 Å². The minimum atomic E-state index is -1.70. The Morgan fingerprint density at radius 2 is 1.81 bits per heavy atom. The van der Waals surface area contributed by atoms with Crippen LogP contribution in [-0.4, -0.2) is 22.3 Å². The second-order valence-electron chi connectivity index (χ2n) is 4.07. The topological polar surface area (TPSA) is 66.8 Å². The Balaban J connectivity index is 2.92. The molecule has 1 aromatic rings. The van der Waals surface area contributed by atoms with Gasteiger partial charge in [-0.3, -0.25) is 0 Å². The summed E-state index contributed by atoms with van der Waals surface area (Å²) in [5, 5.41) is 19.1. The third-order valence-corrected chi connectivity index (χ3v) is 2.17. The first-order chi connectivity index (χ1) is 7.34. The van der Waals surface area contributed by atoms with Crippen molar-refractivity contribution in [3.63, 3.8) is 0 Å². The van der Waals surface area contributed by atoms with Crippen molar-refractivity contribution in [2.75, 3.05) is 0 Å². The molecule has 2 N–H and O–H groups in total. The van der Waals surface area contributed by atoms with Crippen molar-refractivity contribution >= 4 is 5.97 Å². The van der Waals surface area contributed by atoms with E-state index in [9.17, 15) is 9.90 Å². The van der Waals surface area contributed by atoms with Crippen LogP contribution in [0.1, 0.15) is 26.3 Å². The predicted octanol–water partition coefficient (Wildman–Crippen LogP) is 1.55. The molecule has 1 atom stereocenters. The number of phenols is 1. The van der Waals surface area contributed by atoms with Gasteiger partial charge in [0.2, 0.25) is 0 Å². The van der Waals surface area contributed by atoms with Crippen LogP contribution < -0.4 is 0 Å². The van der Waals surface area contributed by atoms with Crippen molar-refractivity contribution in [1.82, 2.24) is 0 Å². The van der Waals surface area contributed by atoms with Crippen LogP contribution >= 0.6 is 0 Å². The summed E-state index contributed by atoms with van der Waals surface area (Å²) in [5.74, 6) is -0.620. The molecule has 88 valence electrons. The lowest BCUT2D eigenvalue weighted by Gasteiger charge is -2.23. The number of phenolic OH excluding ortho intramolecular Hbond substituents is 1. The summed E-state index contributed by atoms with van der Waals surface area (Å²) < 4.78 is 4.95. The van der Waals surface area contributed by atoms with Crippen molar-refractivity contribution in [2.24, 2.45) is 0 Å². The highest BCUT2D eigenvalue weighted by Gasteiger charge is 2.34. The Labute approximate surface area is 94.5 Å². The molecule has 0 fully saturated rings. The standard InChI is InChI=1S/C12H16O4/c1-8(2)16-11(14)12(3,15)9-4-6-10(13)7-5-9/h4-8,13,15H,1-3H3/t12-/m1/s1. The third-order valence-electron chi connectivity index (χ3n) is 2.17. The quantitative estimate of drug-likeness (QED) is 0.764. The number of aromatic hydroxyl groups is 1. The monoisotopic (exact) mass is 224 g/mol. The van der Waals surface area contributed by atoms with E-state index in [2.05, 4.69) is 0 Å². The largest absolute Gasteiger partial charge is 0.508 e. The summed E-state index contributed by atoms with van der Waals surface area (Å²) in [5.41, 5.74) is -1.31. The number of rotatable bonds is 3. The van der Waals surface area contributed by atoms with Crippen LogP contribution in [0.3, 0.4) is 0 Å². The summed E-state index contributed by atoms with van der Waals surface area (Å²) in [7, 11) is 0. The molecule has 1 rings (SSSR count). The third kappa shape index (κ3) is 2.73. The molecular formula is C12H16O4. The number of hydrogen-bond donors (Lipinski definition) is 2. The zero-order valence-electron chi connectivity index (χ0n) is 9.60. The molecule has 0 saturated heterocycles. The Morgan fingerprint density at radius 1 is 1.31 bits per heavy atom. The van der Waals surface area contributed by atoms with Crippen molar-refractivity contribution < 1.29 is 19.7 Å². The highest BCUT2D eigenvalue weighted by molar-refractivity contribution is 5.80. The maximum absolute atomic E-state index is 11.6. The van der Waals surface area contributed by atoms with Gasteiger partial charge in [0, 0.05) is 0 Å². The maximum Gasteiger partial charge on any atom is 0.342 e. The zero-order chi connectivity index (χ0) is 12.3. The Morgan fingerprint density at radius 3 is 2.25 bits per heavy atom. The molecule has 0 aliphatic rings. The molecule has 0 heterocycles. The van der Waals surface area contributed by atoms with Crippen LogP contribution in [0, 0.1) is 0 Å². The predicted molar refractivity (Wildman–Crippen MR) is 58.9 cm³/mol. The van der Waals surface area contributed by atoms with Gasteiger partial charge in [0.15, 0.2) is 5.60 Å². The number of aliphatic hydroxyl groups is 1. The molecular weight excluding hydrogens is 208 g/mol. The Kier molecular flexibility index (Phi) is 3.55. The normalized spacial score (nSPS) is 14.6. The smallest absolute Gasteiger partial charge is 0.342 e. The Bertz CT molecular complexity index is 365. The van der Waals surface area contributed by atoms with Gasteiger partial charge >= 0.3 is 5.97 Å². The van der Waals surface area contributed by atoms with Crippen LogP contribution in [0.2, 0.25) is 0 Å². The average molecular weight is 224 g/mol. The summed E-state index contributed by atoms with van der Waals surface area (Å²) in [6, 6.07) is 5.78. The summed E-state index contributed by atoms with van der Waals surface area (Å²) in [4.78, 5) is 11.6. The minimum Gasteiger partial charge on any atom is -0.508 e. The zero-order valence-corrected chi connectivity index (χ0v) is 9.60. The number of esters is 1. The molecule has 0 unspecified atom stereocenters. The first kappa shape index (κ1) is 12.5. The van der Waals surface area contributed by atoms with Crippen LogP contribution in [0.25, 0.3) is 0 Å². The van der Waals surface area contributed by atoms with Crippen molar-refractivity contribution in [3.05, 3.63) is 29.8 Å². The van der Waals surface area contributed by atoms with E-state index >= 15 is 0 Å². The number of carbonyl (C=O) groups excluding carboxylic acids is 1. The van der Waals surface area contributed by atoms with E-state index < -0.39 is 11.6 Å². The van der Waals surface area contributed by atoms with Crippen LogP contribution in [0.4, 0.5) is 0 Å². The van der Waals surface area contributed by atoms with Gasteiger partial charge in [-0.05, 0) is 38.5 Å². The highest BCUT2D eigenvalue weighted by Crippen LogP contribution is 2.24. The second-order valence-corrected chi connectivity index (χ2v) is 4.07. The molecule has 4 heteroatoms. The van der Waals surface area contributed by atoms with Gasteiger partial charge in [0.05, 0.1) is 6.10 Å². The summed E-state index contributed by atoms with van der Waals surface area (Å²) >= 11 is 0. The van der Waals surface area contributed by atoms with E-state index in [-0.39, 0.29) is 11.9 Å². The molecule has 0 saturated carbocycles. The van der Waals surface area contributed by atoms with Gasteiger partial charge in [-0.25, -0.2) is 4.79 Å². The van der Waals surface area contributed by atoms with Gasteiger partial charge in [0.1, 0.15) is 5.75 Å². The van der Waals surface area contributed by atoms with Crippen molar-refractivity contribution in [1.29, 1.82) is 0 Å². The molecule has 0 aliphatic heterocycles. The molecule has 4 nitrogen and oxygen atoms in total. The number of benzene rings is 1. The Hall–Kier alpha value is -1.55. The van der Waals surface area contributed by atoms with E-state index in [0.717, 1.165) is 0 Å². The minimum absolute atomic E-state index is 0.0803. The summed E-state index contributed by atoms with van der Waals surface area (Å²) in [6.45, 7) is 4.79. The van der Waals surface area contributed by atoms with E-state index in [1.807, 2.05) is 0 Å². The SMILES string of the molecule is CC(C)OC(=O)[C@](C)(O)c1ccc(O)cc1. The van der Waals surface area contributed by atoms with Gasteiger partial charge in [-0.1, -0.05) is 12.1 Å². The van der Waals surface area contributed by atoms with Crippen molar-refractivity contribution in [3.8, 4) is 5.75 Å². The molecule has 0 aliphatic carbocycles. The van der Waals surface area contributed by atoms with Gasteiger partial charge in [-0.2, -0.15) is 0 Å². The van der Waals surface area contributed by atoms with E-state index in [1.54, 1.807) is 13.8 Å². The highest BCUT2D eigenvalue weighted by atomic mass is 16.6.